The molecule has 0 aliphatic rings. The summed E-state index contributed by atoms with van der Waals surface area (Å²) in [6.07, 6.45) is 0. The molecular weight excluding hydrogens is 223 g/mol. The van der Waals surface area contributed by atoms with Gasteiger partial charge in [0.2, 0.25) is 0 Å². The standard InChI is InChI=1S/C13H9FO3/c14-11-7-8(5-6-10(11)13(16)17)9-3-1-2-4-12(9)15/h1-7,15H,(H,16,17). The molecule has 2 N–H and O–H groups in total. The number of carboxylic acids is 1. The van der Waals surface area contributed by atoms with Crippen molar-refractivity contribution >= 4 is 5.97 Å². The van der Waals surface area contributed by atoms with E-state index in [9.17, 15) is 14.3 Å². The quantitative estimate of drug-likeness (QED) is 0.836. The van der Waals surface area contributed by atoms with E-state index in [0.717, 1.165) is 6.07 Å². The van der Waals surface area contributed by atoms with E-state index in [0.29, 0.717) is 11.1 Å². The number of carbonyl (C=O) groups is 1. The highest BCUT2D eigenvalue weighted by Gasteiger charge is 2.12. The van der Waals surface area contributed by atoms with Crippen molar-refractivity contribution in [2.45, 2.75) is 0 Å². The Bertz CT molecular complexity index is 579. The molecule has 0 atom stereocenters. The molecule has 0 heterocycles. The summed E-state index contributed by atoms with van der Waals surface area (Å²) in [5.74, 6) is -2.11. The number of rotatable bonds is 2. The molecule has 0 aromatic heterocycles. The monoisotopic (exact) mass is 232 g/mol. The lowest BCUT2D eigenvalue weighted by atomic mass is 10.0. The first kappa shape index (κ1) is 11.1. The van der Waals surface area contributed by atoms with E-state index >= 15 is 0 Å². The molecule has 86 valence electrons. The van der Waals surface area contributed by atoms with Crippen LogP contribution in [0.4, 0.5) is 4.39 Å². The van der Waals surface area contributed by atoms with E-state index in [4.69, 9.17) is 5.11 Å². The van der Waals surface area contributed by atoms with E-state index in [-0.39, 0.29) is 11.3 Å². The predicted octanol–water partition coefficient (Wildman–Crippen LogP) is 2.90. The van der Waals surface area contributed by atoms with Gasteiger partial charge in [-0.15, -0.1) is 0 Å². The smallest absolute Gasteiger partial charge is 0.338 e. The maximum atomic E-state index is 13.5. The number of para-hydroxylation sites is 1. The van der Waals surface area contributed by atoms with Gasteiger partial charge >= 0.3 is 5.97 Å². The van der Waals surface area contributed by atoms with Crippen molar-refractivity contribution in [1.82, 2.24) is 0 Å². The fraction of sp³-hybridized carbons (Fsp3) is 0. The molecule has 0 spiro atoms. The fourth-order valence-electron chi connectivity index (χ4n) is 1.57. The summed E-state index contributed by atoms with van der Waals surface area (Å²) in [6.45, 7) is 0. The van der Waals surface area contributed by atoms with Crippen molar-refractivity contribution in [3.8, 4) is 16.9 Å². The Morgan fingerprint density at radius 3 is 2.41 bits per heavy atom. The van der Waals surface area contributed by atoms with Crippen LogP contribution in [-0.2, 0) is 0 Å². The molecule has 2 rings (SSSR count). The number of aromatic carboxylic acids is 1. The van der Waals surface area contributed by atoms with E-state index < -0.39 is 11.8 Å². The maximum Gasteiger partial charge on any atom is 0.338 e. The van der Waals surface area contributed by atoms with E-state index in [2.05, 4.69) is 0 Å². The molecule has 0 saturated heterocycles. The van der Waals surface area contributed by atoms with Crippen LogP contribution in [0.3, 0.4) is 0 Å². The first-order valence-electron chi connectivity index (χ1n) is 4.91. The Balaban J connectivity index is 2.52. The van der Waals surface area contributed by atoms with Gasteiger partial charge in [-0.3, -0.25) is 0 Å². The van der Waals surface area contributed by atoms with Gasteiger partial charge in [-0.1, -0.05) is 24.3 Å². The Hall–Kier alpha value is -2.36. The van der Waals surface area contributed by atoms with Gasteiger partial charge in [-0.2, -0.15) is 0 Å². The minimum Gasteiger partial charge on any atom is -0.507 e. The van der Waals surface area contributed by atoms with Crippen LogP contribution in [0.2, 0.25) is 0 Å². The molecule has 2 aromatic rings. The Labute approximate surface area is 96.8 Å². The molecule has 0 aliphatic carbocycles. The van der Waals surface area contributed by atoms with Crippen molar-refractivity contribution in [2.75, 3.05) is 0 Å². The molecule has 17 heavy (non-hydrogen) atoms. The second-order valence-corrected chi connectivity index (χ2v) is 3.52. The van der Waals surface area contributed by atoms with Gasteiger partial charge in [0, 0.05) is 5.56 Å². The van der Waals surface area contributed by atoms with Crippen LogP contribution in [0.5, 0.6) is 5.75 Å². The zero-order valence-electron chi connectivity index (χ0n) is 8.72. The maximum absolute atomic E-state index is 13.5. The lowest BCUT2D eigenvalue weighted by Gasteiger charge is -2.05. The van der Waals surface area contributed by atoms with Gasteiger partial charge in [0.05, 0.1) is 5.56 Å². The van der Waals surface area contributed by atoms with E-state index in [1.807, 2.05) is 0 Å². The second kappa shape index (κ2) is 4.25. The Kier molecular flexibility index (Phi) is 2.78. The van der Waals surface area contributed by atoms with Crippen LogP contribution in [0.25, 0.3) is 11.1 Å². The number of hydrogen-bond donors (Lipinski definition) is 2. The molecule has 0 aliphatic heterocycles. The van der Waals surface area contributed by atoms with Gasteiger partial charge < -0.3 is 10.2 Å². The third-order valence-electron chi connectivity index (χ3n) is 2.41. The van der Waals surface area contributed by atoms with Gasteiger partial charge in [0.15, 0.2) is 0 Å². The van der Waals surface area contributed by atoms with Crippen molar-refractivity contribution in [3.63, 3.8) is 0 Å². The van der Waals surface area contributed by atoms with Crippen LogP contribution in [0.1, 0.15) is 10.4 Å². The van der Waals surface area contributed by atoms with Gasteiger partial charge in [0.25, 0.3) is 0 Å². The number of aromatic hydroxyl groups is 1. The van der Waals surface area contributed by atoms with Crippen molar-refractivity contribution in [3.05, 3.63) is 53.8 Å². The highest BCUT2D eigenvalue weighted by atomic mass is 19.1. The van der Waals surface area contributed by atoms with Crippen molar-refractivity contribution in [1.29, 1.82) is 0 Å². The molecule has 2 aromatic carbocycles. The minimum atomic E-state index is -1.31. The largest absolute Gasteiger partial charge is 0.507 e. The third kappa shape index (κ3) is 2.10. The predicted molar refractivity (Wildman–Crippen MR) is 60.5 cm³/mol. The molecule has 0 saturated carbocycles. The average Bonchev–Trinajstić information content (AvgIpc) is 2.29. The van der Waals surface area contributed by atoms with Crippen LogP contribution < -0.4 is 0 Å². The van der Waals surface area contributed by atoms with Gasteiger partial charge in [-0.05, 0) is 23.8 Å². The summed E-state index contributed by atoms with van der Waals surface area (Å²) < 4.78 is 13.5. The van der Waals surface area contributed by atoms with E-state index in [1.54, 1.807) is 18.2 Å². The van der Waals surface area contributed by atoms with E-state index in [1.165, 1.54) is 18.2 Å². The van der Waals surface area contributed by atoms with Gasteiger partial charge in [-0.25, -0.2) is 9.18 Å². The van der Waals surface area contributed by atoms with Crippen LogP contribution in [0.15, 0.2) is 42.5 Å². The Morgan fingerprint density at radius 2 is 1.82 bits per heavy atom. The second-order valence-electron chi connectivity index (χ2n) is 3.52. The third-order valence-corrected chi connectivity index (χ3v) is 2.41. The summed E-state index contributed by atoms with van der Waals surface area (Å²) in [5, 5.41) is 18.3. The van der Waals surface area contributed by atoms with Crippen molar-refractivity contribution in [2.24, 2.45) is 0 Å². The Morgan fingerprint density at radius 1 is 1.12 bits per heavy atom. The molecule has 4 heteroatoms. The lowest BCUT2D eigenvalue weighted by Crippen LogP contribution is -2.00. The molecule has 0 amide bonds. The molecule has 3 nitrogen and oxygen atoms in total. The summed E-state index contributed by atoms with van der Waals surface area (Å²) in [4.78, 5) is 10.6. The normalized spacial score (nSPS) is 10.2. The summed E-state index contributed by atoms with van der Waals surface area (Å²) >= 11 is 0. The van der Waals surface area contributed by atoms with Crippen molar-refractivity contribution < 1.29 is 19.4 Å². The lowest BCUT2D eigenvalue weighted by molar-refractivity contribution is 0.0692. The zero-order chi connectivity index (χ0) is 12.4. The number of phenolic OH excluding ortho intramolecular Hbond substituents is 1. The van der Waals surface area contributed by atoms with Crippen LogP contribution in [-0.4, -0.2) is 16.2 Å². The number of phenols is 1. The summed E-state index contributed by atoms with van der Waals surface area (Å²) in [6, 6.07) is 10.2. The first-order valence-corrected chi connectivity index (χ1v) is 4.91. The number of halogens is 1. The first-order chi connectivity index (χ1) is 8.09. The van der Waals surface area contributed by atoms with Crippen LogP contribution >= 0.6 is 0 Å². The summed E-state index contributed by atoms with van der Waals surface area (Å²) in [7, 11) is 0. The zero-order valence-corrected chi connectivity index (χ0v) is 8.72. The molecule has 0 radical (unpaired) electrons. The fourth-order valence-corrected chi connectivity index (χ4v) is 1.57. The minimum absolute atomic E-state index is 0.0231. The van der Waals surface area contributed by atoms with Crippen LogP contribution in [0, 0.1) is 5.82 Å². The molecule has 0 bridgehead atoms. The number of carboxylic acid groups (broad SMARTS) is 1. The molecular formula is C13H9FO3. The molecule has 0 unspecified atom stereocenters. The topological polar surface area (TPSA) is 57.5 Å². The molecule has 0 fully saturated rings. The average molecular weight is 232 g/mol. The number of benzene rings is 2. The SMILES string of the molecule is O=C(O)c1ccc(-c2ccccc2O)cc1F. The number of hydrogen-bond acceptors (Lipinski definition) is 2. The van der Waals surface area contributed by atoms with Gasteiger partial charge in [0.1, 0.15) is 11.6 Å². The highest BCUT2D eigenvalue weighted by molar-refractivity contribution is 5.89. The highest BCUT2D eigenvalue weighted by Crippen LogP contribution is 2.29. The summed E-state index contributed by atoms with van der Waals surface area (Å²) in [5.41, 5.74) is 0.512.